The van der Waals surface area contributed by atoms with Crippen LogP contribution in [0.2, 0.25) is 0 Å². The van der Waals surface area contributed by atoms with Crippen LogP contribution in [0.3, 0.4) is 0 Å². The van der Waals surface area contributed by atoms with Gasteiger partial charge in [0.1, 0.15) is 0 Å². The fourth-order valence-corrected chi connectivity index (χ4v) is 1.08. The van der Waals surface area contributed by atoms with Crippen molar-refractivity contribution >= 4 is 11.6 Å². The van der Waals surface area contributed by atoms with Gasteiger partial charge in [0.15, 0.2) is 0 Å². The van der Waals surface area contributed by atoms with Crippen LogP contribution < -0.4 is 5.32 Å². The van der Waals surface area contributed by atoms with Crippen molar-refractivity contribution in [2.45, 2.75) is 6.54 Å². The highest BCUT2D eigenvalue weighted by Crippen LogP contribution is 1.82. The topological polar surface area (TPSA) is 29.9 Å². The largest absolute Gasteiger partial charge is 0.311 e. The Balaban J connectivity index is 1.99. The maximum atomic E-state index is 5.47. The zero-order valence-electron chi connectivity index (χ0n) is 7.49. The molecule has 3 nitrogen and oxygen atoms in total. The second kappa shape index (κ2) is 6.69. The molecule has 0 saturated carbocycles. The third-order valence-electron chi connectivity index (χ3n) is 1.59. The van der Waals surface area contributed by atoms with Crippen molar-refractivity contribution in [2.75, 3.05) is 19.0 Å². The third kappa shape index (κ3) is 4.70. The number of nitrogens with zero attached hydrogens (tertiary/aromatic N) is 2. The fraction of sp³-hybridized carbons (Fsp3) is 0.444. The van der Waals surface area contributed by atoms with Crippen LogP contribution in [0.5, 0.6) is 0 Å². The van der Waals surface area contributed by atoms with Crippen LogP contribution in [0, 0.1) is 0 Å². The normalized spacial score (nSPS) is 11.2. The molecule has 72 valence electrons. The Morgan fingerprint density at radius 3 is 3.08 bits per heavy atom. The van der Waals surface area contributed by atoms with Gasteiger partial charge in [-0.2, -0.15) is 5.10 Å². The van der Waals surface area contributed by atoms with Crippen LogP contribution >= 0.6 is 11.6 Å². The highest BCUT2D eigenvalue weighted by Gasteiger charge is 1.87. The number of alkyl halides is 1. The van der Waals surface area contributed by atoms with E-state index in [9.17, 15) is 0 Å². The number of halogens is 1. The highest BCUT2D eigenvalue weighted by molar-refractivity contribution is 6.18. The molecule has 0 atom stereocenters. The van der Waals surface area contributed by atoms with E-state index >= 15 is 0 Å². The van der Waals surface area contributed by atoms with Crippen LogP contribution in [0.25, 0.3) is 0 Å². The molecule has 0 saturated heterocycles. The van der Waals surface area contributed by atoms with E-state index in [-0.39, 0.29) is 0 Å². The minimum atomic E-state index is 0.584. The standard InChI is InChI=1S/C9H14ClN3/c10-4-1-2-5-11-7-9-13-8-3-6-12-13/h1-3,6,8,11H,4-5,7,9H2/b2-1+. The number of hydrogen-bond donors (Lipinski definition) is 1. The van der Waals surface area contributed by atoms with Gasteiger partial charge in [0.2, 0.25) is 0 Å². The van der Waals surface area contributed by atoms with Crippen molar-refractivity contribution in [3.63, 3.8) is 0 Å². The van der Waals surface area contributed by atoms with E-state index in [0.717, 1.165) is 19.6 Å². The molecule has 0 aliphatic rings. The van der Waals surface area contributed by atoms with E-state index in [2.05, 4.69) is 10.4 Å². The van der Waals surface area contributed by atoms with E-state index in [1.165, 1.54) is 0 Å². The molecule has 0 radical (unpaired) electrons. The number of nitrogens with one attached hydrogen (secondary N) is 1. The number of hydrogen-bond acceptors (Lipinski definition) is 2. The van der Waals surface area contributed by atoms with Crippen molar-refractivity contribution in [1.82, 2.24) is 15.1 Å². The summed E-state index contributed by atoms with van der Waals surface area (Å²) in [6.45, 7) is 2.70. The Morgan fingerprint density at radius 1 is 1.46 bits per heavy atom. The summed E-state index contributed by atoms with van der Waals surface area (Å²) < 4.78 is 1.90. The summed E-state index contributed by atoms with van der Waals surface area (Å²) >= 11 is 5.47. The minimum Gasteiger partial charge on any atom is -0.311 e. The number of allylic oxidation sites excluding steroid dienone is 1. The maximum Gasteiger partial charge on any atom is 0.0534 e. The Hall–Kier alpha value is -0.800. The predicted molar refractivity (Wildman–Crippen MR) is 55.0 cm³/mol. The molecular weight excluding hydrogens is 186 g/mol. The molecular formula is C9H14ClN3. The van der Waals surface area contributed by atoms with Gasteiger partial charge < -0.3 is 5.32 Å². The van der Waals surface area contributed by atoms with Crippen LogP contribution in [0.15, 0.2) is 30.6 Å². The summed E-state index contributed by atoms with van der Waals surface area (Å²) in [5.41, 5.74) is 0. The van der Waals surface area contributed by atoms with Crippen molar-refractivity contribution in [1.29, 1.82) is 0 Å². The van der Waals surface area contributed by atoms with E-state index < -0.39 is 0 Å². The molecule has 0 aliphatic carbocycles. The van der Waals surface area contributed by atoms with Gasteiger partial charge in [0.25, 0.3) is 0 Å². The molecule has 1 rings (SSSR count). The highest BCUT2D eigenvalue weighted by atomic mass is 35.5. The van der Waals surface area contributed by atoms with E-state index in [4.69, 9.17) is 11.6 Å². The van der Waals surface area contributed by atoms with E-state index in [1.807, 2.05) is 29.1 Å². The van der Waals surface area contributed by atoms with Gasteiger partial charge >= 0.3 is 0 Å². The van der Waals surface area contributed by atoms with Gasteiger partial charge in [0.05, 0.1) is 6.54 Å². The van der Waals surface area contributed by atoms with Crippen LogP contribution in [-0.2, 0) is 6.54 Å². The number of rotatable bonds is 6. The Labute approximate surface area is 83.4 Å². The monoisotopic (exact) mass is 199 g/mol. The smallest absolute Gasteiger partial charge is 0.0534 e. The lowest BCUT2D eigenvalue weighted by Crippen LogP contribution is -2.20. The lowest BCUT2D eigenvalue weighted by atomic mass is 10.5. The van der Waals surface area contributed by atoms with Gasteiger partial charge in [-0.15, -0.1) is 11.6 Å². The molecule has 1 aromatic rings. The average Bonchev–Trinajstić information content (AvgIpc) is 2.63. The summed E-state index contributed by atoms with van der Waals surface area (Å²) in [7, 11) is 0. The summed E-state index contributed by atoms with van der Waals surface area (Å²) in [6, 6.07) is 1.92. The first-order valence-corrected chi connectivity index (χ1v) is 4.86. The van der Waals surface area contributed by atoms with Gasteiger partial charge in [-0.25, -0.2) is 0 Å². The van der Waals surface area contributed by atoms with E-state index in [1.54, 1.807) is 6.20 Å². The fourth-order valence-electron chi connectivity index (χ4n) is 0.958. The first kappa shape index (κ1) is 10.3. The van der Waals surface area contributed by atoms with Crippen molar-refractivity contribution < 1.29 is 0 Å². The predicted octanol–water partition coefficient (Wildman–Crippen LogP) is 1.27. The molecule has 1 heterocycles. The molecule has 0 unspecified atom stereocenters. The number of aromatic nitrogens is 2. The third-order valence-corrected chi connectivity index (χ3v) is 1.77. The molecule has 0 fully saturated rings. The molecule has 0 spiro atoms. The average molecular weight is 200 g/mol. The lowest BCUT2D eigenvalue weighted by Gasteiger charge is -2.01. The first-order valence-electron chi connectivity index (χ1n) is 4.32. The van der Waals surface area contributed by atoms with Gasteiger partial charge in [-0.05, 0) is 6.07 Å². The van der Waals surface area contributed by atoms with Gasteiger partial charge in [-0.1, -0.05) is 12.2 Å². The Kier molecular flexibility index (Phi) is 5.29. The zero-order chi connectivity index (χ0) is 9.36. The molecule has 1 aromatic heterocycles. The summed E-state index contributed by atoms with van der Waals surface area (Å²) in [4.78, 5) is 0. The molecule has 4 heteroatoms. The molecule has 0 aromatic carbocycles. The second-order valence-electron chi connectivity index (χ2n) is 2.60. The summed E-state index contributed by atoms with van der Waals surface area (Å²) in [6.07, 6.45) is 7.70. The molecule has 0 amide bonds. The molecule has 0 aliphatic heterocycles. The lowest BCUT2D eigenvalue weighted by molar-refractivity contribution is 0.573. The van der Waals surface area contributed by atoms with Crippen LogP contribution in [-0.4, -0.2) is 28.8 Å². The van der Waals surface area contributed by atoms with Crippen molar-refractivity contribution in [3.05, 3.63) is 30.6 Å². The molecule has 1 N–H and O–H groups in total. The summed E-state index contributed by atoms with van der Waals surface area (Å²) in [5.74, 6) is 0.584. The SMILES string of the molecule is ClC/C=C/CNCCn1cccn1. The minimum absolute atomic E-state index is 0.584. The quantitative estimate of drug-likeness (QED) is 0.425. The van der Waals surface area contributed by atoms with Gasteiger partial charge in [0, 0.05) is 31.4 Å². The van der Waals surface area contributed by atoms with Crippen LogP contribution in [0.4, 0.5) is 0 Å². The maximum absolute atomic E-state index is 5.47. The van der Waals surface area contributed by atoms with E-state index in [0.29, 0.717) is 5.88 Å². The van der Waals surface area contributed by atoms with Crippen molar-refractivity contribution in [3.8, 4) is 0 Å². The van der Waals surface area contributed by atoms with Crippen LogP contribution in [0.1, 0.15) is 0 Å². The Bertz CT molecular complexity index is 231. The molecule has 0 bridgehead atoms. The zero-order valence-corrected chi connectivity index (χ0v) is 8.24. The Morgan fingerprint density at radius 2 is 2.38 bits per heavy atom. The van der Waals surface area contributed by atoms with Gasteiger partial charge in [-0.3, -0.25) is 4.68 Å². The summed E-state index contributed by atoms with van der Waals surface area (Å²) in [5, 5.41) is 7.34. The first-order chi connectivity index (χ1) is 6.43. The molecule has 13 heavy (non-hydrogen) atoms. The van der Waals surface area contributed by atoms with Crippen molar-refractivity contribution in [2.24, 2.45) is 0 Å². The second-order valence-corrected chi connectivity index (χ2v) is 2.91.